The third kappa shape index (κ3) is 1.40. The van der Waals surface area contributed by atoms with E-state index >= 15 is 0 Å². The quantitative estimate of drug-likeness (QED) is 0.574. The molecule has 1 heterocycles. The summed E-state index contributed by atoms with van der Waals surface area (Å²) in [6, 6.07) is 0. The van der Waals surface area contributed by atoms with Crippen LogP contribution in [-0.4, -0.2) is 18.0 Å². The molecule has 0 radical (unpaired) electrons. The Morgan fingerprint density at radius 3 is 2.58 bits per heavy atom. The molecule has 1 saturated heterocycles. The number of allylic oxidation sites excluding steroid dienone is 2. The van der Waals surface area contributed by atoms with Gasteiger partial charge < -0.3 is 4.90 Å². The molecule has 12 heavy (non-hydrogen) atoms. The molecule has 0 unspecified atom stereocenters. The van der Waals surface area contributed by atoms with Gasteiger partial charge >= 0.3 is 0 Å². The molecule has 1 nitrogen and oxygen atoms in total. The minimum absolute atomic E-state index is 1.21. The zero-order valence-electron chi connectivity index (χ0n) is 7.68. The minimum Gasteiger partial charge on any atom is -0.372 e. The summed E-state index contributed by atoms with van der Waals surface area (Å²) in [6.45, 7) is 6.64. The second-order valence-corrected chi connectivity index (χ2v) is 3.78. The van der Waals surface area contributed by atoms with Gasteiger partial charge in [0.1, 0.15) is 0 Å². The standard InChI is InChI=1S/C11H17N/c1-10-6-2-3-7-11(10)12-8-4-5-9-12/h7H,1-6,8-9H2. The first-order valence-electron chi connectivity index (χ1n) is 5.01. The first-order valence-corrected chi connectivity index (χ1v) is 5.01. The van der Waals surface area contributed by atoms with Crippen molar-refractivity contribution < 1.29 is 0 Å². The summed E-state index contributed by atoms with van der Waals surface area (Å²) in [6.07, 6.45) is 8.87. The maximum atomic E-state index is 4.13. The highest BCUT2D eigenvalue weighted by atomic mass is 15.1. The predicted molar refractivity (Wildman–Crippen MR) is 51.9 cm³/mol. The molecule has 2 aliphatic rings. The van der Waals surface area contributed by atoms with Crippen molar-refractivity contribution in [2.24, 2.45) is 0 Å². The van der Waals surface area contributed by atoms with Crippen molar-refractivity contribution in [1.82, 2.24) is 4.90 Å². The Labute approximate surface area is 74.8 Å². The van der Waals surface area contributed by atoms with Gasteiger partial charge in [0.25, 0.3) is 0 Å². The lowest BCUT2D eigenvalue weighted by Gasteiger charge is -2.26. The van der Waals surface area contributed by atoms with E-state index in [1.165, 1.54) is 56.5 Å². The molecule has 1 aliphatic heterocycles. The Morgan fingerprint density at radius 2 is 1.92 bits per heavy atom. The molecule has 0 aromatic heterocycles. The normalized spacial score (nSPS) is 24.5. The van der Waals surface area contributed by atoms with E-state index in [4.69, 9.17) is 0 Å². The summed E-state index contributed by atoms with van der Waals surface area (Å²) in [7, 11) is 0. The lowest BCUT2D eigenvalue weighted by atomic mass is 9.99. The van der Waals surface area contributed by atoms with Crippen molar-refractivity contribution in [3.8, 4) is 0 Å². The van der Waals surface area contributed by atoms with Crippen LogP contribution in [0.2, 0.25) is 0 Å². The second-order valence-electron chi connectivity index (χ2n) is 3.78. The van der Waals surface area contributed by atoms with Crippen molar-refractivity contribution in [2.45, 2.75) is 32.1 Å². The third-order valence-electron chi connectivity index (χ3n) is 2.83. The number of rotatable bonds is 1. The largest absolute Gasteiger partial charge is 0.372 e. The Hall–Kier alpha value is -0.720. The molecule has 0 atom stereocenters. The average Bonchev–Trinajstić information content (AvgIpc) is 2.57. The maximum absolute atomic E-state index is 4.13. The monoisotopic (exact) mass is 163 g/mol. The summed E-state index contributed by atoms with van der Waals surface area (Å²) in [5.41, 5.74) is 2.82. The molecule has 1 aliphatic carbocycles. The van der Waals surface area contributed by atoms with Crippen molar-refractivity contribution in [2.75, 3.05) is 13.1 Å². The molecule has 0 bridgehead atoms. The fraction of sp³-hybridized carbons (Fsp3) is 0.636. The predicted octanol–water partition coefficient (Wildman–Crippen LogP) is 2.71. The zero-order chi connectivity index (χ0) is 8.39. The fourth-order valence-corrected chi connectivity index (χ4v) is 2.14. The van der Waals surface area contributed by atoms with Gasteiger partial charge in [-0.3, -0.25) is 0 Å². The first kappa shape index (κ1) is 7.90. The van der Waals surface area contributed by atoms with Crippen LogP contribution in [0.25, 0.3) is 0 Å². The highest BCUT2D eigenvalue weighted by Gasteiger charge is 2.18. The fourth-order valence-electron chi connectivity index (χ4n) is 2.14. The molecule has 1 heteroatoms. The molecule has 0 N–H and O–H groups in total. The lowest BCUT2D eigenvalue weighted by Crippen LogP contribution is -2.21. The van der Waals surface area contributed by atoms with E-state index in [0.29, 0.717) is 0 Å². The highest BCUT2D eigenvalue weighted by molar-refractivity contribution is 5.29. The van der Waals surface area contributed by atoms with Crippen LogP contribution in [0.3, 0.4) is 0 Å². The van der Waals surface area contributed by atoms with E-state index in [9.17, 15) is 0 Å². The van der Waals surface area contributed by atoms with Crippen molar-refractivity contribution in [3.63, 3.8) is 0 Å². The van der Waals surface area contributed by atoms with Gasteiger partial charge in [-0.1, -0.05) is 12.7 Å². The van der Waals surface area contributed by atoms with Crippen LogP contribution >= 0.6 is 0 Å². The molecule has 0 aromatic rings. The van der Waals surface area contributed by atoms with Gasteiger partial charge in [0.05, 0.1) is 0 Å². The second kappa shape index (κ2) is 3.34. The molecule has 2 rings (SSSR count). The zero-order valence-corrected chi connectivity index (χ0v) is 7.68. The van der Waals surface area contributed by atoms with E-state index in [-0.39, 0.29) is 0 Å². The van der Waals surface area contributed by atoms with Gasteiger partial charge in [0.15, 0.2) is 0 Å². The number of hydrogen-bond donors (Lipinski definition) is 0. The Morgan fingerprint density at radius 1 is 1.17 bits per heavy atom. The minimum atomic E-state index is 1.21. The lowest BCUT2D eigenvalue weighted by molar-refractivity contribution is 0.423. The summed E-state index contributed by atoms with van der Waals surface area (Å²) in [5, 5.41) is 0. The number of hydrogen-bond acceptors (Lipinski definition) is 1. The Balaban J connectivity index is 2.09. The molecule has 0 aromatic carbocycles. The smallest absolute Gasteiger partial charge is 0.0352 e. The van der Waals surface area contributed by atoms with Crippen molar-refractivity contribution in [3.05, 3.63) is 23.9 Å². The van der Waals surface area contributed by atoms with Crippen LogP contribution in [0.1, 0.15) is 32.1 Å². The molecular formula is C11H17N. The van der Waals surface area contributed by atoms with Crippen LogP contribution in [-0.2, 0) is 0 Å². The van der Waals surface area contributed by atoms with E-state index in [1.807, 2.05) is 0 Å². The summed E-state index contributed by atoms with van der Waals surface area (Å²) < 4.78 is 0. The van der Waals surface area contributed by atoms with Crippen molar-refractivity contribution >= 4 is 0 Å². The topological polar surface area (TPSA) is 3.24 Å². The van der Waals surface area contributed by atoms with Gasteiger partial charge in [0, 0.05) is 18.8 Å². The van der Waals surface area contributed by atoms with Gasteiger partial charge in [-0.05, 0) is 37.7 Å². The molecule has 1 fully saturated rings. The van der Waals surface area contributed by atoms with E-state index in [1.54, 1.807) is 0 Å². The average molecular weight is 163 g/mol. The van der Waals surface area contributed by atoms with Crippen LogP contribution in [0.5, 0.6) is 0 Å². The van der Waals surface area contributed by atoms with Crippen LogP contribution in [0, 0.1) is 0 Å². The Kier molecular flexibility index (Phi) is 2.20. The van der Waals surface area contributed by atoms with Gasteiger partial charge in [-0.15, -0.1) is 0 Å². The number of likely N-dealkylation sites (tertiary alicyclic amines) is 1. The van der Waals surface area contributed by atoms with Gasteiger partial charge in [0.2, 0.25) is 0 Å². The van der Waals surface area contributed by atoms with E-state index in [2.05, 4.69) is 17.6 Å². The van der Waals surface area contributed by atoms with Crippen molar-refractivity contribution in [1.29, 1.82) is 0 Å². The highest BCUT2D eigenvalue weighted by Crippen LogP contribution is 2.27. The first-order chi connectivity index (χ1) is 5.88. The van der Waals surface area contributed by atoms with Gasteiger partial charge in [-0.25, -0.2) is 0 Å². The molecule has 0 saturated carbocycles. The SMILES string of the molecule is C=C1CCCC=C1N1CCCC1. The third-order valence-corrected chi connectivity index (χ3v) is 2.83. The van der Waals surface area contributed by atoms with E-state index in [0.717, 1.165) is 0 Å². The van der Waals surface area contributed by atoms with Gasteiger partial charge in [-0.2, -0.15) is 0 Å². The summed E-state index contributed by atoms with van der Waals surface area (Å²) in [5.74, 6) is 0. The maximum Gasteiger partial charge on any atom is 0.0352 e. The number of nitrogens with zero attached hydrogens (tertiary/aromatic N) is 1. The molecule has 0 amide bonds. The summed E-state index contributed by atoms with van der Waals surface area (Å²) >= 11 is 0. The van der Waals surface area contributed by atoms with Crippen LogP contribution < -0.4 is 0 Å². The van der Waals surface area contributed by atoms with Crippen LogP contribution in [0.4, 0.5) is 0 Å². The molecule has 66 valence electrons. The Bertz CT molecular complexity index is 209. The molecule has 0 spiro atoms. The summed E-state index contributed by atoms with van der Waals surface area (Å²) in [4.78, 5) is 2.50. The van der Waals surface area contributed by atoms with Crippen LogP contribution in [0.15, 0.2) is 23.9 Å². The van der Waals surface area contributed by atoms with E-state index < -0.39 is 0 Å². The molecular weight excluding hydrogens is 146 g/mol.